The molecule has 0 fully saturated rings. The molecule has 6 aromatic carbocycles. The van der Waals surface area contributed by atoms with Crippen molar-refractivity contribution in [1.29, 1.82) is 0 Å². The number of benzene rings is 6. The van der Waals surface area contributed by atoms with Crippen LogP contribution >= 0.6 is 0 Å². The second-order valence-electron chi connectivity index (χ2n) is 13.4. The van der Waals surface area contributed by atoms with E-state index in [0.717, 1.165) is 12.8 Å². The third kappa shape index (κ3) is 3.41. The molecule has 0 amide bonds. The van der Waals surface area contributed by atoms with Gasteiger partial charge in [-0.3, -0.25) is 0 Å². The van der Waals surface area contributed by atoms with Crippen LogP contribution in [-0.4, -0.2) is 4.57 Å². The Bertz CT molecular complexity index is 2380. The van der Waals surface area contributed by atoms with Crippen LogP contribution in [0.3, 0.4) is 0 Å². The van der Waals surface area contributed by atoms with Gasteiger partial charge < -0.3 is 4.57 Å². The number of rotatable bonds is 2. The highest BCUT2D eigenvalue weighted by Crippen LogP contribution is 2.51. The molecule has 9 rings (SSSR count). The van der Waals surface area contributed by atoms with E-state index in [4.69, 9.17) is 0 Å². The van der Waals surface area contributed by atoms with Crippen LogP contribution in [0.5, 0.6) is 0 Å². The maximum Gasteiger partial charge on any atom is 0.0485 e. The van der Waals surface area contributed by atoms with Gasteiger partial charge in [-0.2, -0.15) is 0 Å². The van der Waals surface area contributed by atoms with Gasteiger partial charge in [-0.15, -0.1) is 0 Å². The Morgan fingerprint density at radius 2 is 1.30 bits per heavy atom. The minimum Gasteiger partial charge on any atom is -0.344 e. The van der Waals surface area contributed by atoms with Gasteiger partial charge in [0, 0.05) is 29.1 Å². The lowest BCUT2D eigenvalue weighted by molar-refractivity contribution is 0.660. The molecule has 0 atom stereocenters. The van der Waals surface area contributed by atoms with E-state index in [9.17, 15) is 0 Å². The van der Waals surface area contributed by atoms with Crippen molar-refractivity contribution >= 4 is 38.5 Å². The van der Waals surface area contributed by atoms with Crippen LogP contribution in [-0.2, 0) is 18.9 Å². The van der Waals surface area contributed by atoms with Crippen molar-refractivity contribution in [2.24, 2.45) is 7.05 Å². The molecular formula is C43H35N. The highest BCUT2D eigenvalue weighted by Gasteiger charge is 2.35. The number of allylic oxidation sites excluding steroid dienone is 1. The maximum atomic E-state index is 2.46. The molecule has 1 heteroatoms. The molecule has 0 aliphatic heterocycles. The Morgan fingerprint density at radius 3 is 2.14 bits per heavy atom. The maximum absolute atomic E-state index is 2.46. The molecule has 0 spiro atoms. The van der Waals surface area contributed by atoms with Crippen molar-refractivity contribution in [2.75, 3.05) is 0 Å². The van der Waals surface area contributed by atoms with Crippen molar-refractivity contribution < 1.29 is 0 Å². The van der Waals surface area contributed by atoms with E-state index in [2.05, 4.69) is 148 Å². The second-order valence-corrected chi connectivity index (χ2v) is 13.4. The summed E-state index contributed by atoms with van der Waals surface area (Å²) in [6.45, 7) is 6.93. The molecule has 0 saturated carbocycles. The monoisotopic (exact) mass is 565 g/mol. The van der Waals surface area contributed by atoms with E-state index < -0.39 is 0 Å². The van der Waals surface area contributed by atoms with Gasteiger partial charge in [0.15, 0.2) is 0 Å². The summed E-state index contributed by atoms with van der Waals surface area (Å²) in [5, 5.41) is 6.64. The van der Waals surface area contributed by atoms with Gasteiger partial charge in [0.1, 0.15) is 0 Å². The van der Waals surface area contributed by atoms with Crippen molar-refractivity contribution in [1.82, 2.24) is 4.57 Å². The molecule has 7 aromatic rings. The van der Waals surface area contributed by atoms with Gasteiger partial charge in [-0.25, -0.2) is 0 Å². The molecule has 0 bridgehead atoms. The summed E-state index contributed by atoms with van der Waals surface area (Å²) in [5.74, 6) is 0. The molecule has 2 aliphatic rings. The number of aromatic nitrogens is 1. The third-order valence-corrected chi connectivity index (χ3v) is 10.5. The Balaban J connectivity index is 1.35. The topological polar surface area (TPSA) is 4.93 Å². The first-order chi connectivity index (χ1) is 21.4. The zero-order chi connectivity index (χ0) is 29.7. The molecule has 0 unspecified atom stereocenters. The number of hydrogen-bond acceptors (Lipinski definition) is 0. The zero-order valence-electron chi connectivity index (χ0n) is 25.8. The van der Waals surface area contributed by atoms with Crippen molar-refractivity contribution in [3.05, 3.63) is 137 Å². The van der Waals surface area contributed by atoms with E-state index in [0.29, 0.717) is 0 Å². The smallest absolute Gasteiger partial charge is 0.0485 e. The van der Waals surface area contributed by atoms with Crippen molar-refractivity contribution in [2.45, 2.75) is 39.0 Å². The fraction of sp³-hybridized carbons (Fsp3) is 0.163. The van der Waals surface area contributed by atoms with E-state index in [1.807, 2.05) is 0 Å². The fourth-order valence-electron chi connectivity index (χ4n) is 8.38. The molecule has 0 radical (unpaired) electrons. The Morgan fingerprint density at radius 1 is 0.614 bits per heavy atom. The SMILES string of the molecule is Cc1ccc2c(-c3ccc4c(c3)c3c(n4C)C=CCC3)c3ccccc3c(-c3ccc4c(c3)-c3ccccc3C4(C)C)c2c1. The summed E-state index contributed by atoms with van der Waals surface area (Å²) in [6, 6.07) is 39.4. The average Bonchev–Trinajstić information content (AvgIpc) is 3.46. The quantitative estimate of drug-likeness (QED) is 0.184. The Labute approximate surface area is 259 Å². The molecular weight excluding hydrogens is 530 g/mol. The van der Waals surface area contributed by atoms with Crippen molar-refractivity contribution in [3.63, 3.8) is 0 Å². The fourth-order valence-corrected chi connectivity index (χ4v) is 8.38. The molecule has 1 heterocycles. The van der Waals surface area contributed by atoms with E-state index in [1.54, 1.807) is 0 Å². The third-order valence-electron chi connectivity index (χ3n) is 10.5. The summed E-state index contributed by atoms with van der Waals surface area (Å²) in [5.41, 5.74) is 16.2. The van der Waals surface area contributed by atoms with Gasteiger partial charge in [0.25, 0.3) is 0 Å². The van der Waals surface area contributed by atoms with Gasteiger partial charge in [-0.05, 0) is 116 Å². The first-order valence-corrected chi connectivity index (χ1v) is 15.9. The summed E-state index contributed by atoms with van der Waals surface area (Å²) in [6.07, 6.45) is 6.82. The molecule has 0 N–H and O–H groups in total. The van der Waals surface area contributed by atoms with Gasteiger partial charge in [0.2, 0.25) is 0 Å². The lowest BCUT2D eigenvalue weighted by atomic mass is 9.81. The predicted octanol–water partition coefficient (Wildman–Crippen LogP) is 11.4. The van der Waals surface area contributed by atoms with E-state index in [1.165, 1.54) is 93.8 Å². The molecule has 44 heavy (non-hydrogen) atoms. The largest absolute Gasteiger partial charge is 0.344 e. The van der Waals surface area contributed by atoms with Gasteiger partial charge in [0.05, 0.1) is 0 Å². The predicted molar refractivity (Wildman–Crippen MR) is 188 cm³/mol. The lowest BCUT2D eigenvalue weighted by Gasteiger charge is -2.22. The second kappa shape index (κ2) is 9.07. The van der Waals surface area contributed by atoms with Crippen LogP contribution in [0.2, 0.25) is 0 Å². The number of hydrogen-bond donors (Lipinski definition) is 0. The summed E-state index contributed by atoms with van der Waals surface area (Å²) >= 11 is 0. The molecule has 0 saturated heterocycles. The highest BCUT2D eigenvalue weighted by atomic mass is 14.9. The van der Waals surface area contributed by atoms with Crippen LogP contribution in [0.4, 0.5) is 0 Å². The molecule has 2 aliphatic carbocycles. The van der Waals surface area contributed by atoms with Gasteiger partial charge in [-0.1, -0.05) is 110 Å². The first kappa shape index (κ1) is 25.6. The standard InChI is InChI=1S/C43H35N/c1-26-17-20-33-36(23-26)42(27-18-21-38-34(24-27)29-11-7-9-15-37(29)43(38,2)3)32-14-6-5-13-31(32)41(33)28-19-22-40-35(25-28)30-12-8-10-16-39(30)44(40)4/h5-7,9-11,13-25H,8,12H2,1-4H3. The van der Waals surface area contributed by atoms with Crippen LogP contribution in [0.25, 0.3) is 71.9 Å². The minimum absolute atomic E-state index is 0.000104. The summed E-state index contributed by atoms with van der Waals surface area (Å²) in [7, 11) is 2.20. The van der Waals surface area contributed by atoms with Crippen LogP contribution < -0.4 is 0 Å². The number of nitrogens with zero attached hydrogens (tertiary/aromatic N) is 1. The first-order valence-electron chi connectivity index (χ1n) is 15.9. The van der Waals surface area contributed by atoms with Crippen LogP contribution in [0.1, 0.15) is 48.2 Å². The minimum atomic E-state index is 0.000104. The zero-order valence-corrected chi connectivity index (χ0v) is 25.8. The summed E-state index contributed by atoms with van der Waals surface area (Å²) in [4.78, 5) is 0. The highest BCUT2D eigenvalue weighted by molar-refractivity contribution is 6.22. The number of fused-ring (bicyclic) bond motifs is 8. The normalized spacial score (nSPS) is 14.7. The van der Waals surface area contributed by atoms with E-state index in [-0.39, 0.29) is 5.41 Å². The molecule has 212 valence electrons. The van der Waals surface area contributed by atoms with Gasteiger partial charge >= 0.3 is 0 Å². The Hall–Kier alpha value is -4.88. The molecule has 1 nitrogen and oxygen atoms in total. The summed E-state index contributed by atoms with van der Waals surface area (Å²) < 4.78 is 2.36. The van der Waals surface area contributed by atoms with Crippen LogP contribution in [0.15, 0.2) is 109 Å². The average molecular weight is 566 g/mol. The molecule has 1 aromatic heterocycles. The Kier molecular flexibility index (Phi) is 5.27. The van der Waals surface area contributed by atoms with Crippen molar-refractivity contribution in [3.8, 4) is 33.4 Å². The number of aryl methyl sites for hydroxylation is 3. The lowest BCUT2D eigenvalue weighted by Crippen LogP contribution is -2.14. The van der Waals surface area contributed by atoms with E-state index >= 15 is 0 Å². The van der Waals surface area contributed by atoms with Crippen LogP contribution in [0, 0.1) is 6.92 Å².